The zero-order valence-electron chi connectivity index (χ0n) is 19.8. The molecule has 0 atom stereocenters. The molecule has 0 aliphatic carbocycles. The van der Waals surface area contributed by atoms with Crippen molar-refractivity contribution < 1.29 is 28.7 Å². The number of para-hydroxylation sites is 3. The highest BCUT2D eigenvalue weighted by Gasteiger charge is 2.36. The van der Waals surface area contributed by atoms with Gasteiger partial charge >= 0.3 is 0 Å². The molecule has 0 aromatic heterocycles. The third-order valence-electron chi connectivity index (χ3n) is 5.16. The summed E-state index contributed by atoms with van der Waals surface area (Å²) in [5, 5.41) is 4.87. The number of imide groups is 1. The number of amides is 4. The SMILES string of the molecule is COc1ccccc1NC(=O)COc1ccc(/C=C2/SC(=O)N(CC(=O)Nc3ccccc3)C2=O)cc1. The third kappa shape index (κ3) is 6.77. The third-order valence-corrected chi connectivity index (χ3v) is 6.07. The Bertz CT molecular complexity index is 1340. The Morgan fingerprint density at radius 2 is 1.59 bits per heavy atom. The van der Waals surface area contributed by atoms with Crippen LogP contribution in [0.25, 0.3) is 6.08 Å². The predicted octanol–water partition coefficient (Wildman–Crippen LogP) is 4.39. The number of methoxy groups -OCH3 is 1. The number of ether oxygens (including phenoxy) is 2. The number of carbonyl (C=O) groups excluding carboxylic acids is 4. The van der Waals surface area contributed by atoms with Crippen LogP contribution in [-0.2, 0) is 14.4 Å². The smallest absolute Gasteiger partial charge is 0.294 e. The quantitative estimate of drug-likeness (QED) is 0.405. The maximum absolute atomic E-state index is 12.7. The summed E-state index contributed by atoms with van der Waals surface area (Å²) in [5.74, 6) is -0.351. The van der Waals surface area contributed by atoms with E-state index in [-0.39, 0.29) is 24.0 Å². The molecule has 3 aromatic rings. The number of thioether (sulfide) groups is 1. The lowest BCUT2D eigenvalue weighted by Crippen LogP contribution is -2.36. The minimum absolute atomic E-state index is 0.207. The van der Waals surface area contributed by atoms with Gasteiger partial charge in [0.25, 0.3) is 17.1 Å². The molecular formula is C27H23N3O6S. The largest absolute Gasteiger partial charge is 0.495 e. The number of hydrogen-bond acceptors (Lipinski definition) is 7. The van der Waals surface area contributed by atoms with E-state index < -0.39 is 17.1 Å². The topological polar surface area (TPSA) is 114 Å². The van der Waals surface area contributed by atoms with Gasteiger partial charge in [-0.15, -0.1) is 0 Å². The highest BCUT2D eigenvalue weighted by molar-refractivity contribution is 8.18. The number of nitrogens with zero attached hydrogens (tertiary/aromatic N) is 1. The van der Waals surface area contributed by atoms with Crippen LogP contribution < -0.4 is 20.1 Å². The number of nitrogens with one attached hydrogen (secondary N) is 2. The molecule has 0 bridgehead atoms. The highest BCUT2D eigenvalue weighted by atomic mass is 32.2. The molecule has 37 heavy (non-hydrogen) atoms. The van der Waals surface area contributed by atoms with E-state index in [1.54, 1.807) is 78.9 Å². The van der Waals surface area contributed by atoms with Crippen LogP contribution in [0.2, 0.25) is 0 Å². The lowest BCUT2D eigenvalue weighted by atomic mass is 10.2. The van der Waals surface area contributed by atoms with Crippen molar-refractivity contribution in [1.29, 1.82) is 0 Å². The summed E-state index contributed by atoms with van der Waals surface area (Å²) in [6.45, 7) is -0.581. The molecule has 4 rings (SSSR count). The average molecular weight is 518 g/mol. The molecule has 10 heteroatoms. The van der Waals surface area contributed by atoms with Crippen molar-refractivity contribution in [3.8, 4) is 11.5 Å². The molecule has 0 saturated carbocycles. The zero-order chi connectivity index (χ0) is 26.2. The Kier molecular flexibility index (Phi) is 8.22. The van der Waals surface area contributed by atoms with Crippen LogP contribution in [0.5, 0.6) is 11.5 Å². The van der Waals surface area contributed by atoms with Gasteiger partial charge in [-0.05, 0) is 59.8 Å². The molecule has 1 heterocycles. The Hall–Kier alpha value is -4.57. The summed E-state index contributed by atoms with van der Waals surface area (Å²) >= 11 is 0.771. The fraction of sp³-hybridized carbons (Fsp3) is 0.111. The van der Waals surface area contributed by atoms with Crippen molar-refractivity contribution in [2.24, 2.45) is 0 Å². The molecule has 3 aromatic carbocycles. The van der Waals surface area contributed by atoms with Gasteiger partial charge in [0.15, 0.2) is 6.61 Å². The van der Waals surface area contributed by atoms with E-state index in [0.717, 1.165) is 16.7 Å². The summed E-state index contributed by atoms with van der Waals surface area (Å²) in [6, 6.07) is 22.5. The van der Waals surface area contributed by atoms with Gasteiger partial charge in [-0.2, -0.15) is 0 Å². The Morgan fingerprint density at radius 3 is 2.32 bits per heavy atom. The van der Waals surface area contributed by atoms with Crippen molar-refractivity contribution in [3.63, 3.8) is 0 Å². The van der Waals surface area contributed by atoms with Crippen LogP contribution >= 0.6 is 11.8 Å². The molecule has 0 radical (unpaired) electrons. The monoisotopic (exact) mass is 517 g/mol. The molecular weight excluding hydrogens is 494 g/mol. The molecule has 1 saturated heterocycles. The summed E-state index contributed by atoms with van der Waals surface area (Å²) in [6.07, 6.45) is 1.57. The van der Waals surface area contributed by atoms with E-state index in [2.05, 4.69) is 10.6 Å². The zero-order valence-corrected chi connectivity index (χ0v) is 20.6. The van der Waals surface area contributed by atoms with E-state index in [1.165, 1.54) is 7.11 Å². The average Bonchev–Trinajstić information content (AvgIpc) is 3.16. The standard InChI is InChI=1S/C27H23N3O6S/c1-35-22-10-6-5-9-21(22)29-25(32)17-36-20-13-11-18(12-14-20)15-23-26(33)30(27(34)37-23)16-24(31)28-19-7-3-2-4-8-19/h2-15H,16-17H2,1H3,(H,28,31)(H,29,32)/b23-15+. The van der Waals surface area contributed by atoms with Crippen molar-refractivity contribution in [1.82, 2.24) is 4.90 Å². The fourth-order valence-electron chi connectivity index (χ4n) is 3.40. The predicted molar refractivity (Wildman–Crippen MR) is 141 cm³/mol. The van der Waals surface area contributed by atoms with Gasteiger partial charge in [-0.3, -0.25) is 24.1 Å². The number of carbonyl (C=O) groups is 4. The lowest BCUT2D eigenvalue weighted by Gasteiger charge is -2.12. The fourth-order valence-corrected chi connectivity index (χ4v) is 4.23. The molecule has 188 valence electrons. The van der Waals surface area contributed by atoms with Crippen molar-refractivity contribution in [2.75, 3.05) is 30.9 Å². The van der Waals surface area contributed by atoms with Gasteiger partial charge in [0.05, 0.1) is 17.7 Å². The molecule has 0 spiro atoms. The summed E-state index contributed by atoms with van der Waals surface area (Å²) < 4.78 is 10.7. The maximum Gasteiger partial charge on any atom is 0.294 e. The van der Waals surface area contributed by atoms with Crippen molar-refractivity contribution in [2.45, 2.75) is 0 Å². The van der Waals surface area contributed by atoms with Crippen molar-refractivity contribution >= 4 is 52.2 Å². The molecule has 1 aliphatic heterocycles. The van der Waals surface area contributed by atoms with E-state index in [4.69, 9.17) is 9.47 Å². The van der Waals surface area contributed by atoms with E-state index >= 15 is 0 Å². The Balaban J connectivity index is 1.31. The highest BCUT2D eigenvalue weighted by Crippen LogP contribution is 2.32. The second kappa shape index (κ2) is 11.9. The summed E-state index contributed by atoms with van der Waals surface area (Å²) in [4.78, 5) is 50.6. The Labute approximate surface area is 217 Å². The number of benzene rings is 3. The second-order valence-corrected chi connectivity index (χ2v) is 8.78. The number of hydrogen-bond donors (Lipinski definition) is 2. The first-order valence-corrected chi connectivity index (χ1v) is 12.0. The van der Waals surface area contributed by atoms with Crippen LogP contribution in [0, 0.1) is 0 Å². The maximum atomic E-state index is 12.7. The van der Waals surface area contributed by atoms with Gasteiger partial charge in [0, 0.05) is 5.69 Å². The molecule has 9 nitrogen and oxygen atoms in total. The van der Waals surface area contributed by atoms with Crippen LogP contribution in [0.4, 0.5) is 16.2 Å². The van der Waals surface area contributed by atoms with Gasteiger partial charge < -0.3 is 20.1 Å². The van der Waals surface area contributed by atoms with Crippen LogP contribution in [-0.4, -0.2) is 48.1 Å². The van der Waals surface area contributed by atoms with Gasteiger partial charge in [-0.25, -0.2) is 0 Å². The van der Waals surface area contributed by atoms with Crippen molar-refractivity contribution in [3.05, 3.63) is 89.3 Å². The minimum atomic E-state index is -0.536. The first-order valence-electron chi connectivity index (χ1n) is 11.2. The molecule has 1 fully saturated rings. The van der Waals surface area contributed by atoms with E-state index in [9.17, 15) is 19.2 Å². The number of anilines is 2. The lowest BCUT2D eigenvalue weighted by molar-refractivity contribution is -0.127. The second-order valence-electron chi connectivity index (χ2n) is 7.79. The molecule has 4 amide bonds. The van der Waals surface area contributed by atoms with E-state index in [1.807, 2.05) is 6.07 Å². The van der Waals surface area contributed by atoms with Crippen LogP contribution in [0.1, 0.15) is 5.56 Å². The van der Waals surface area contributed by atoms with E-state index in [0.29, 0.717) is 28.4 Å². The molecule has 1 aliphatic rings. The number of rotatable bonds is 9. The minimum Gasteiger partial charge on any atom is -0.495 e. The first kappa shape index (κ1) is 25.5. The van der Waals surface area contributed by atoms with Gasteiger partial charge in [0.1, 0.15) is 18.0 Å². The summed E-state index contributed by atoms with van der Waals surface area (Å²) in [5.41, 5.74) is 1.78. The molecule has 2 N–H and O–H groups in total. The Morgan fingerprint density at radius 1 is 0.892 bits per heavy atom. The first-order chi connectivity index (χ1) is 17.9. The van der Waals surface area contributed by atoms with Gasteiger partial charge in [0.2, 0.25) is 5.91 Å². The van der Waals surface area contributed by atoms with Gasteiger partial charge in [-0.1, -0.05) is 42.5 Å². The molecule has 0 unspecified atom stereocenters. The summed E-state index contributed by atoms with van der Waals surface area (Å²) in [7, 11) is 1.52. The normalized spacial score (nSPS) is 14.0. The van der Waals surface area contributed by atoms with Crippen LogP contribution in [0.15, 0.2) is 83.8 Å². The van der Waals surface area contributed by atoms with Crippen LogP contribution in [0.3, 0.4) is 0 Å².